The highest BCUT2D eigenvalue weighted by atomic mass is 16.3. The molecule has 3 rings (SSSR count). The van der Waals surface area contributed by atoms with Crippen molar-refractivity contribution >= 4 is 28.5 Å². The molecule has 0 bridgehead atoms. The lowest BCUT2D eigenvalue weighted by Gasteiger charge is -2.04. The number of hydrogen-bond donors (Lipinski definition) is 2. The molecule has 6 nitrogen and oxygen atoms in total. The summed E-state index contributed by atoms with van der Waals surface area (Å²) in [6, 6.07) is 5.27. The summed E-state index contributed by atoms with van der Waals surface area (Å²) in [5, 5.41) is 2.82. The molecule has 0 spiro atoms. The standard InChI is InChI=1S/C17H17N3O3/c1-8-15(10(3)21)9(2)18-16(8)17(22)20-12-5-6-14-13(7-12)19-11(4)23-14/h5-7,18H,1-4H3,(H,20,22). The molecular weight excluding hydrogens is 294 g/mol. The second-order valence-electron chi connectivity index (χ2n) is 5.55. The highest BCUT2D eigenvalue weighted by Gasteiger charge is 2.20. The molecule has 23 heavy (non-hydrogen) atoms. The number of ketones is 1. The molecular formula is C17H17N3O3. The van der Waals surface area contributed by atoms with Crippen molar-refractivity contribution in [2.45, 2.75) is 27.7 Å². The molecule has 0 saturated heterocycles. The number of carbonyl (C=O) groups is 2. The molecule has 6 heteroatoms. The number of aromatic nitrogens is 2. The number of Topliss-reactive ketones (excluding diaryl/α,β-unsaturated/α-hetero) is 1. The van der Waals surface area contributed by atoms with Crippen molar-refractivity contribution < 1.29 is 14.0 Å². The zero-order valence-corrected chi connectivity index (χ0v) is 13.4. The summed E-state index contributed by atoms with van der Waals surface area (Å²) in [6.07, 6.45) is 0. The van der Waals surface area contributed by atoms with Crippen LogP contribution >= 0.6 is 0 Å². The monoisotopic (exact) mass is 311 g/mol. The maximum atomic E-state index is 12.5. The number of H-pyrrole nitrogens is 1. The number of nitrogens with one attached hydrogen (secondary N) is 2. The Morgan fingerprint density at radius 2 is 1.96 bits per heavy atom. The highest BCUT2D eigenvalue weighted by molar-refractivity contribution is 6.08. The molecule has 0 aliphatic carbocycles. The first-order valence-electron chi connectivity index (χ1n) is 7.25. The molecule has 1 amide bonds. The Bertz CT molecular complexity index is 934. The van der Waals surface area contributed by atoms with Crippen LogP contribution in [0.3, 0.4) is 0 Å². The first kappa shape index (κ1) is 15.0. The van der Waals surface area contributed by atoms with Gasteiger partial charge in [-0.2, -0.15) is 0 Å². The van der Waals surface area contributed by atoms with Gasteiger partial charge in [-0.15, -0.1) is 0 Å². The summed E-state index contributed by atoms with van der Waals surface area (Å²) in [4.78, 5) is 31.4. The number of benzene rings is 1. The van der Waals surface area contributed by atoms with Gasteiger partial charge in [0.15, 0.2) is 17.3 Å². The first-order chi connectivity index (χ1) is 10.9. The van der Waals surface area contributed by atoms with Crippen molar-refractivity contribution in [3.05, 3.63) is 46.6 Å². The molecule has 2 heterocycles. The molecule has 1 aromatic carbocycles. The minimum absolute atomic E-state index is 0.0604. The molecule has 0 unspecified atom stereocenters. The van der Waals surface area contributed by atoms with E-state index in [2.05, 4.69) is 15.3 Å². The van der Waals surface area contributed by atoms with Crippen LogP contribution in [0.15, 0.2) is 22.6 Å². The molecule has 0 saturated carbocycles. The fraction of sp³-hybridized carbons (Fsp3) is 0.235. The van der Waals surface area contributed by atoms with Crippen LogP contribution in [0.2, 0.25) is 0 Å². The number of aromatic amines is 1. The molecule has 3 aromatic rings. The van der Waals surface area contributed by atoms with Gasteiger partial charge in [-0.3, -0.25) is 9.59 Å². The van der Waals surface area contributed by atoms with Gasteiger partial charge in [-0.25, -0.2) is 4.98 Å². The number of oxazole rings is 1. The number of nitrogens with zero attached hydrogens (tertiary/aromatic N) is 1. The summed E-state index contributed by atoms with van der Waals surface area (Å²) in [5.74, 6) is 0.220. The number of amides is 1. The Balaban J connectivity index is 1.91. The maximum absolute atomic E-state index is 12.5. The van der Waals surface area contributed by atoms with E-state index in [1.807, 2.05) is 0 Å². The number of hydrogen-bond acceptors (Lipinski definition) is 4. The zero-order chi connectivity index (χ0) is 16.7. The van der Waals surface area contributed by atoms with Gasteiger partial charge >= 0.3 is 0 Å². The molecule has 118 valence electrons. The average Bonchev–Trinajstić information content (AvgIpc) is 2.97. The van der Waals surface area contributed by atoms with E-state index in [0.29, 0.717) is 45.2 Å². The third-order valence-corrected chi connectivity index (χ3v) is 3.77. The number of rotatable bonds is 3. The van der Waals surface area contributed by atoms with Crippen LogP contribution in [0.1, 0.15) is 44.9 Å². The van der Waals surface area contributed by atoms with E-state index in [1.54, 1.807) is 39.0 Å². The number of aryl methyl sites for hydroxylation is 2. The van der Waals surface area contributed by atoms with Crippen LogP contribution in [0.25, 0.3) is 11.1 Å². The van der Waals surface area contributed by atoms with E-state index >= 15 is 0 Å². The van der Waals surface area contributed by atoms with Gasteiger partial charge in [0, 0.05) is 23.9 Å². The van der Waals surface area contributed by atoms with Crippen molar-refractivity contribution in [2.75, 3.05) is 5.32 Å². The number of fused-ring (bicyclic) bond motifs is 1. The van der Waals surface area contributed by atoms with Crippen LogP contribution in [0.4, 0.5) is 5.69 Å². The largest absolute Gasteiger partial charge is 0.441 e. The smallest absolute Gasteiger partial charge is 0.272 e. The Kier molecular flexibility index (Phi) is 3.52. The molecule has 0 fully saturated rings. The van der Waals surface area contributed by atoms with Crippen molar-refractivity contribution in [1.29, 1.82) is 0 Å². The Morgan fingerprint density at radius 3 is 2.61 bits per heavy atom. The molecule has 0 aliphatic heterocycles. The molecule has 2 N–H and O–H groups in total. The van der Waals surface area contributed by atoms with E-state index in [1.165, 1.54) is 6.92 Å². The predicted octanol–water partition coefficient (Wildman–Crippen LogP) is 3.54. The topological polar surface area (TPSA) is 88.0 Å². The average molecular weight is 311 g/mol. The first-order valence-corrected chi connectivity index (χ1v) is 7.25. The van der Waals surface area contributed by atoms with E-state index in [-0.39, 0.29) is 11.7 Å². The van der Waals surface area contributed by atoms with Crippen LogP contribution in [0.5, 0.6) is 0 Å². The van der Waals surface area contributed by atoms with Gasteiger partial charge in [0.1, 0.15) is 11.2 Å². The van der Waals surface area contributed by atoms with Crippen molar-refractivity contribution in [3.63, 3.8) is 0 Å². The van der Waals surface area contributed by atoms with E-state index in [0.717, 1.165) is 0 Å². The quantitative estimate of drug-likeness (QED) is 0.724. The SMILES string of the molecule is CC(=O)c1c(C)[nH]c(C(=O)Nc2ccc3oc(C)nc3c2)c1C. The van der Waals surface area contributed by atoms with E-state index in [9.17, 15) is 9.59 Å². The van der Waals surface area contributed by atoms with Crippen LogP contribution in [-0.2, 0) is 0 Å². The van der Waals surface area contributed by atoms with Gasteiger partial charge < -0.3 is 14.7 Å². The van der Waals surface area contributed by atoms with Crippen LogP contribution in [-0.4, -0.2) is 21.7 Å². The third kappa shape index (κ3) is 2.63. The van der Waals surface area contributed by atoms with Gasteiger partial charge in [-0.1, -0.05) is 0 Å². The second kappa shape index (κ2) is 5.39. The molecule has 0 atom stereocenters. The lowest BCUT2D eigenvalue weighted by molar-refractivity contribution is 0.101. The fourth-order valence-corrected chi connectivity index (χ4v) is 2.82. The van der Waals surface area contributed by atoms with Gasteiger partial charge in [0.05, 0.1) is 0 Å². The fourth-order valence-electron chi connectivity index (χ4n) is 2.82. The summed E-state index contributed by atoms with van der Waals surface area (Å²) in [7, 11) is 0. The summed E-state index contributed by atoms with van der Waals surface area (Å²) in [6.45, 7) is 6.81. The van der Waals surface area contributed by atoms with Gasteiger partial charge in [-0.05, 0) is 44.5 Å². The second-order valence-corrected chi connectivity index (χ2v) is 5.55. The van der Waals surface area contributed by atoms with Crippen molar-refractivity contribution in [3.8, 4) is 0 Å². The van der Waals surface area contributed by atoms with Crippen LogP contribution in [0, 0.1) is 20.8 Å². The lowest BCUT2D eigenvalue weighted by Crippen LogP contribution is -2.13. The van der Waals surface area contributed by atoms with Gasteiger partial charge in [0.2, 0.25) is 0 Å². The van der Waals surface area contributed by atoms with Crippen LogP contribution < -0.4 is 5.32 Å². The highest BCUT2D eigenvalue weighted by Crippen LogP contribution is 2.22. The maximum Gasteiger partial charge on any atom is 0.272 e. The normalized spacial score (nSPS) is 11.0. The zero-order valence-electron chi connectivity index (χ0n) is 13.4. The van der Waals surface area contributed by atoms with Gasteiger partial charge in [0.25, 0.3) is 5.91 Å². The number of carbonyl (C=O) groups excluding carboxylic acids is 2. The van der Waals surface area contributed by atoms with E-state index in [4.69, 9.17) is 4.42 Å². The van der Waals surface area contributed by atoms with Crippen molar-refractivity contribution in [1.82, 2.24) is 9.97 Å². The molecule has 0 aliphatic rings. The Labute approximate surface area is 132 Å². The molecule has 2 aromatic heterocycles. The van der Waals surface area contributed by atoms with Crippen molar-refractivity contribution in [2.24, 2.45) is 0 Å². The predicted molar refractivity (Wildman–Crippen MR) is 87.0 cm³/mol. The summed E-state index contributed by atoms with van der Waals surface area (Å²) >= 11 is 0. The lowest BCUT2D eigenvalue weighted by atomic mass is 10.1. The minimum Gasteiger partial charge on any atom is -0.441 e. The Morgan fingerprint density at radius 1 is 1.22 bits per heavy atom. The minimum atomic E-state index is -0.294. The summed E-state index contributed by atoms with van der Waals surface area (Å²) in [5.41, 5.74) is 4.29. The Hall–Kier alpha value is -2.89. The summed E-state index contributed by atoms with van der Waals surface area (Å²) < 4.78 is 5.41. The third-order valence-electron chi connectivity index (χ3n) is 3.77. The number of anilines is 1. The molecule has 0 radical (unpaired) electrons. The van der Waals surface area contributed by atoms with E-state index < -0.39 is 0 Å².